The molecule has 80 valence electrons. The first-order chi connectivity index (χ1) is 7.15. The van der Waals surface area contributed by atoms with Gasteiger partial charge in [-0.3, -0.25) is 4.40 Å². The third-order valence-corrected chi connectivity index (χ3v) is 2.49. The molecule has 2 heterocycles. The molecular weight excluding hydrogens is 188 g/mol. The topological polar surface area (TPSA) is 42.2 Å². The number of hydrogen-bond acceptors (Lipinski definition) is 3. The van der Waals surface area contributed by atoms with E-state index >= 15 is 0 Å². The van der Waals surface area contributed by atoms with E-state index in [4.69, 9.17) is 0 Å². The van der Waals surface area contributed by atoms with E-state index in [-0.39, 0.29) is 5.54 Å². The van der Waals surface area contributed by atoms with Crippen LogP contribution in [0.4, 0.5) is 0 Å². The third kappa shape index (κ3) is 1.72. The zero-order valence-corrected chi connectivity index (χ0v) is 9.36. The number of fused-ring (bicyclic) bond motifs is 1. The highest BCUT2D eigenvalue weighted by Gasteiger charge is 2.24. The average molecular weight is 204 g/mol. The van der Waals surface area contributed by atoms with Gasteiger partial charge in [-0.1, -0.05) is 13.0 Å². The Kier molecular flexibility index (Phi) is 2.44. The van der Waals surface area contributed by atoms with Gasteiger partial charge in [0, 0.05) is 6.20 Å². The van der Waals surface area contributed by atoms with E-state index in [1.807, 2.05) is 28.8 Å². The van der Waals surface area contributed by atoms with Crippen molar-refractivity contribution in [3.05, 3.63) is 30.2 Å². The summed E-state index contributed by atoms with van der Waals surface area (Å²) < 4.78 is 2.02. The quantitative estimate of drug-likeness (QED) is 0.825. The molecule has 0 amide bonds. The summed E-state index contributed by atoms with van der Waals surface area (Å²) in [5.74, 6) is 0.944. The Hall–Kier alpha value is -1.42. The molecule has 0 aliphatic carbocycles. The van der Waals surface area contributed by atoms with Crippen LogP contribution in [-0.2, 0) is 5.54 Å². The summed E-state index contributed by atoms with van der Waals surface area (Å²) in [5, 5.41) is 11.8. The molecule has 0 fully saturated rings. The first-order valence-corrected chi connectivity index (χ1v) is 5.20. The number of nitrogens with one attached hydrogen (secondary N) is 1. The van der Waals surface area contributed by atoms with Crippen LogP contribution < -0.4 is 5.32 Å². The Morgan fingerprint density at radius 1 is 1.33 bits per heavy atom. The molecule has 0 bridgehead atoms. The number of rotatable bonds is 3. The van der Waals surface area contributed by atoms with Gasteiger partial charge in [0.25, 0.3) is 0 Å². The second-order valence-corrected chi connectivity index (χ2v) is 4.11. The zero-order valence-electron chi connectivity index (χ0n) is 9.36. The van der Waals surface area contributed by atoms with E-state index in [1.54, 1.807) is 0 Å². The highest BCUT2D eigenvalue weighted by molar-refractivity contribution is 5.38. The van der Waals surface area contributed by atoms with Crippen molar-refractivity contribution in [1.82, 2.24) is 19.9 Å². The minimum absolute atomic E-state index is 0.157. The maximum absolute atomic E-state index is 4.24. The van der Waals surface area contributed by atoms with Crippen LogP contribution in [0.5, 0.6) is 0 Å². The highest BCUT2D eigenvalue weighted by Crippen LogP contribution is 2.18. The van der Waals surface area contributed by atoms with Crippen molar-refractivity contribution in [1.29, 1.82) is 0 Å². The molecule has 0 aliphatic rings. The molecule has 4 nitrogen and oxygen atoms in total. The van der Waals surface area contributed by atoms with Gasteiger partial charge in [0.1, 0.15) is 0 Å². The van der Waals surface area contributed by atoms with Crippen molar-refractivity contribution < 1.29 is 0 Å². The van der Waals surface area contributed by atoms with Crippen molar-refractivity contribution in [2.75, 3.05) is 6.54 Å². The SMILES string of the molecule is CCNC(C)(C)c1nnc2ccccn12. The van der Waals surface area contributed by atoms with Gasteiger partial charge >= 0.3 is 0 Å². The van der Waals surface area contributed by atoms with Gasteiger partial charge in [-0.2, -0.15) is 0 Å². The predicted octanol–water partition coefficient (Wildman–Crippen LogP) is 1.57. The molecule has 15 heavy (non-hydrogen) atoms. The van der Waals surface area contributed by atoms with Crippen LogP contribution in [0, 0.1) is 0 Å². The largest absolute Gasteiger partial charge is 0.305 e. The lowest BCUT2D eigenvalue weighted by Gasteiger charge is -2.23. The van der Waals surface area contributed by atoms with Gasteiger partial charge in [-0.05, 0) is 32.5 Å². The van der Waals surface area contributed by atoms with Gasteiger partial charge in [-0.25, -0.2) is 0 Å². The number of aromatic nitrogens is 3. The summed E-state index contributed by atoms with van der Waals surface area (Å²) in [6, 6.07) is 5.91. The molecule has 2 aromatic heterocycles. The van der Waals surface area contributed by atoms with Crippen LogP contribution in [0.1, 0.15) is 26.6 Å². The summed E-state index contributed by atoms with van der Waals surface area (Å²) in [6.45, 7) is 7.22. The van der Waals surface area contributed by atoms with Gasteiger partial charge in [0.05, 0.1) is 5.54 Å². The Bertz CT molecular complexity index is 458. The molecule has 0 atom stereocenters. The summed E-state index contributed by atoms with van der Waals surface area (Å²) >= 11 is 0. The molecule has 2 rings (SSSR count). The van der Waals surface area contributed by atoms with Crippen molar-refractivity contribution in [2.24, 2.45) is 0 Å². The number of nitrogens with zero attached hydrogens (tertiary/aromatic N) is 3. The van der Waals surface area contributed by atoms with Gasteiger partial charge in [0.15, 0.2) is 11.5 Å². The smallest absolute Gasteiger partial charge is 0.160 e. The lowest BCUT2D eigenvalue weighted by atomic mass is 10.1. The fraction of sp³-hybridized carbons (Fsp3) is 0.455. The molecule has 0 radical (unpaired) electrons. The minimum Gasteiger partial charge on any atom is -0.305 e. The van der Waals surface area contributed by atoms with E-state index in [0.717, 1.165) is 18.0 Å². The summed E-state index contributed by atoms with van der Waals surface area (Å²) in [6.07, 6.45) is 1.99. The van der Waals surface area contributed by atoms with Gasteiger partial charge < -0.3 is 5.32 Å². The lowest BCUT2D eigenvalue weighted by Crippen LogP contribution is -2.38. The summed E-state index contributed by atoms with van der Waals surface area (Å²) in [7, 11) is 0. The van der Waals surface area contributed by atoms with E-state index in [0.29, 0.717) is 0 Å². The molecular formula is C11H16N4. The highest BCUT2D eigenvalue weighted by atomic mass is 15.3. The van der Waals surface area contributed by atoms with E-state index in [2.05, 4.69) is 36.3 Å². The van der Waals surface area contributed by atoms with E-state index in [9.17, 15) is 0 Å². The Morgan fingerprint density at radius 3 is 2.87 bits per heavy atom. The van der Waals surface area contributed by atoms with Gasteiger partial charge in [0.2, 0.25) is 0 Å². The standard InChI is InChI=1S/C11H16N4/c1-4-12-11(2,3)10-14-13-9-7-5-6-8-15(9)10/h5-8,12H,4H2,1-3H3. The molecule has 0 saturated heterocycles. The molecule has 2 aromatic rings. The second kappa shape index (κ2) is 3.62. The van der Waals surface area contributed by atoms with Crippen LogP contribution >= 0.6 is 0 Å². The Balaban J connectivity index is 2.52. The molecule has 0 saturated carbocycles. The van der Waals surface area contributed by atoms with E-state index < -0.39 is 0 Å². The van der Waals surface area contributed by atoms with Crippen LogP contribution in [0.2, 0.25) is 0 Å². The third-order valence-electron chi connectivity index (χ3n) is 2.49. The summed E-state index contributed by atoms with van der Waals surface area (Å²) in [4.78, 5) is 0. The predicted molar refractivity (Wildman–Crippen MR) is 59.7 cm³/mol. The van der Waals surface area contributed by atoms with Crippen molar-refractivity contribution in [3.63, 3.8) is 0 Å². The molecule has 1 N–H and O–H groups in total. The average Bonchev–Trinajstić information content (AvgIpc) is 2.61. The van der Waals surface area contributed by atoms with Gasteiger partial charge in [-0.15, -0.1) is 10.2 Å². The second-order valence-electron chi connectivity index (χ2n) is 4.11. The molecule has 0 aromatic carbocycles. The van der Waals surface area contributed by atoms with Crippen LogP contribution in [-0.4, -0.2) is 21.1 Å². The van der Waals surface area contributed by atoms with Crippen molar-refractivity contribution in [3.8, 4) is 0 Å². The first-order valence-electron chi connectivity index (χ1n) is 5.20. The monoisotopic (exact) mass is 204 g/mol. The molecule has 0 spiro atoms. The van der Waals surface area contributed by atoms with Crippen LogP contribution in [0.15, 0.2) is 24.4 Å². The maximum atomic E-state index is 4.24. The van der Waals surface area contributed by atoms with Crippen molar-refractivity contribution in [2.45, 2.75) is 26.3 Å². The number of hydrogen-bond donors (Lipinski definition) is 1. The molecule has 0 aliphatic heterocycles. The van der Waals surface area contributed by atoms with Crippen LogP contribution in [0.25, 0.3) is 5.65 Å². The van der Waals surface area contributed by atoms with Crippen LogP contribution in [0.3, 0.4) is 0 Å². The zero-order chi connectivity index (χ0) is 10.9. The minimum atomic E-state index is -0.157. The van der Waals surface area contributed by atoms with Crippen molar-refractivity contribution >= 4 is 5.65 Å². The normalized spacial score (nSPS) is 12.2. The fourth-order valence-corrected chi connectivity index (χ4v) is 1.79. The molecule has 0 unspecified atom stereocenters. The lowest BCUT2D eigenvalue weighted by molar-refractivity contribution is 0.388. The fourth-order valence-electron chi connectivity index (χ4n) is 1.79. The first kappa shape index (κ1) is 10.1. The summed E-state index contributed by atoms with van der Waals surface area (Å²) in [5.41, 5.74) is 0.730. The Labute approximate surface area is 89.3 Å². The van der Waals surface area contributed by atoms with E-state index in [1.165, 1.54) is 0 Å². The molecule has 4 heteroatoms. The Morgan fingerprint density at radius 2 is 2.13 bits per heavy atom. The number of pyridine rings is 1. The maximum Gasteiger partial charge on any atom is 0.160 e.